The Balaban J connectivity index is 0.00000272. The van der Waals surface area contributed by atoms with Gasteiger partial charge >= 0.3 is 0 Å². The Morgan fingerprint density at radius 2 is 2.03 bits per heavy atom. The molecule has 2 unspecified atom stereocenters. The molecule has 1 fully saturated rings. The van der Waals surface area contributed by atoms with Crippen molar-refractivity contribution in [3.05, 3.63) is 78.3 Å². The van der Waals surface area contributed by atoms with Crippen LogP contribution in [0.3, 0.4) is 0 Å². The SMILES string of the molecule is CN=C(NCc1ccc(-n2ccnc2)nc1)N1CC(C)OC(c2ccc(F)cc2)C1.I. The summed E-state index contributed by atoms with van der Waals surface area (Å²) in [6.07, 6.45) is 7.05. The van der Waals surface area contributed by atoms with Crippen LogP contribution in [-0.2, 0) is 11.3 Å². The molecule has 0 saturated carbocycles. The summed E-state index contributed by atoms with van der Waals surface area (Å²) in [5, 5.41) is 3.41. The molecule has 2 atom stereocenters. The van der Waals surface area contributed by atoms with Crippen molar-refractivity contribution in [1.82, 2.24) is 24.8 Å². The lowest BCUT2D eigenvalue weighted by Gasteiger charge is -2.38. The summed E-state index contributed by atoms with van der Waals surface area (Å²) in [5.74, 6) is 1.38. The van der Waals surface area contributed by atoms with Crippen LogP contribution in [0.2, 0.25) is 0 Å². The Kier molecular flexibility index (Phi) is 7.97. The Labute approximate surface area is 198 Å². The quantitative estimate of drug-likeness (QED) is 0.314. The predicted molar refractivity (Wildman–Crippen MR) is 128 cm³/mol. The molecular formula is C22H26FIN6O. The number of pyridine rings is 1. The van der Waals surface area contributed by atoms with Crippen LogP contribution in [0.5, 0.6) is 0 Å². The number of guanidine groups is 1. The van der Waals surface area contributed by atoms with Crippen LogP contribution in [0.1, 0.15) is 24.2 Å². The maximum Gasteiger partial charge on any atom is 0.194 e. The van der Waals surface area contributed by atoms with E-state index in [0.717, 1.165) is 29.4 Å². The van der Waals surface area contributed by atoms with Crippen molar-refractivity contribution < 1.29 is 9.13 Å². The highest BCUT2D eigenvalue weighted by atomic mass is 127. The highest BCUT2D eigenvalue weighted by molar-refractivity contribution is 14.0. The number of nitrogens with zero attached hydrogens (tertiary/aromatic N) is 5. The fourth-order valence-corrected chi connectivity index (χ4v) is 3.57. The predicted octanol–water partition coefficient (Wildman–Crippen LogP) is 3.56. The van der Waals surface area contributed by atoms with Gasteiger partial charge in [0.1, 0.15) is 24.1 Å². The number of rotatable bonds is 4. The first kappa shape index (κ1) is 23.1. The minimum absolute atomic E-state index is 0. The molecule has 1 aliphatic rings. The minimum atomic E-state index is -0.246. The van der Waals surface area contributed by atoms with Crippen LogP contribution in [0.25, 0.3) is 5.82 Å². The zero-order valence-corrected chi connectivity index (χ0v) is 19.8. The van der Waals surface area contributed by atoms with E-state index in [2.05, 4.69) is 25.2 Å². The van der Waals surface area contributed by atoms with Crippen LogP contribution in [-0.4, -0.2) is 51.6 Å². The summed E-state index contributed by atoms with van der Waals surface area (Å²) in [6.45, 7) is 4.02. The van der Waals surface area contributed by atoms with Gasteiger partial charge < -0.3 is 15.0 Å². The van der Waals surface area contributed by atoms with E-state index in [-0.39, 0.29) is 42.0 Å². The average molecular weight is 536 g/mol. The van der Waals surface area contributed by atoms with Gasteiger partial charge in [0.25, 0.3) is 0 Å². The molecule has 0 radical (unpaired) electrons. The van der Waals surface area contributed by atoms with Gasteiger partial charge in [0.2, 0.25) is 0 Å². The number of morpholine rings is 1. The van der Waals surface area contributed by atoms with E-state index in [4.69, 9.17) is 4.74 Å². The Morgan fingerprint density at radius 1 is 1.23 bits per heavy atom. The number of ether oxygens (including phenoxy) is 1. The third-order valence-corrected chi connectivity index (χ3v) is 5.04. The third kappa shape index (κ3) is 5.79. The van der Waals surface area contributed by atoms with Crippen LogP contribution < -0.4 is 5.32 Å². The van der Waals surface area contributed by atoms with Crippen molar-refractivity contribution in [3.8, 4) is 5.82 Å². The van der Waals surface area contributed by atoms with Gasteiger partial charge in [-0.25, -0.2) is 14.4 Å². The molecule has 1 saturated heterocycles. The first-order chi connectivity index (χ1) is 14.6. The van der Waals surface area contributed by atoms with Crippen LogP contribution >= 0.6 is 24.0 Å². The summed E-state index contributed by atoms with van der Waals surface area (Å²) in [5.41, 5.74) is 2.01. The molecule has 0 amide bonds. The van der Waals surface area contributed by atoms with Crippen LogP contribution in [0, 0.1) is 5.82 Å². The first-order valence-electron chi connectivity index (χ1n) is 9.92. The lowest BCUT2D eigenvalue weighted by molar-refractivity contribution is -0.0605. The van der Waals surface area contributed by atoms with Crippen molar-refractivity contribution in [2.24, 2.45) is 4.99 Å². The summed E-state index contributed by atoms with van der Waals surface area (Å²) >= 11 is 0. The summed E-state index contributed by atoms with van der Waals surface area (Å²) in [6, 6.07) is 10.5. The normalized spacial score (nSPS) is 19.1. The van der Waals surface area contributed by atoms with Gasteiger partial charge in [0, 0.05) is 38.7 Å². The molecule has 1 aromatic carbocycles. The van der Waals surface area contributed by atoms with Gasteiger partial charge in [-0.15, -0.1) is 24.0 Å². The fraction of sp³-hybridized carbons (Fsp3) is 0.318. The van der Waals surface area contributed by atoms with Crippen molar-refractivity contribution in [2.75, 3.05) is 20.1 Å². The second-order valence-corrected chi connectivity index (χ2v) is 7.29. The van der Waals surface area contributed by atoms with Gasteiger partial charge in [-0.2, -0.15) is 0 Å². The Hall–Kier alpha value is -2.53. The molecule has 0 spiro atoms. The molecule has 3 aromatic rings. The average Bonchev–Trinajstić information content (AvgIpc) is 3.30. The zero-order chi connectivity index (χ0) is 20.9. The molecule has 31 heavy (non-hydrogen) atoms. The van der Waals surface area contributed by atoms with Gasteiger partial charge in [-0.05, 0) is 36.2 Å². The molecular weight excluding hydrogens is 510 g/mol. The topological polar surface area (TPSA) is 67.6 Å². The lowest BCUT2D eigenvalue weighted by atomic mass is 10.1. The molecule has 3 heterocycles. The number of aliphatic imine (C=N–C) groups is 1. The van der Waals surface area contributed by atoms with Gasteiger partial charge in [0.05, 0.1) is 12.6 Å². The van der Waals surface area contributed by atoms with Gasteiger partial charge in [-0.3, -0.25) is 9.56 Å². The number of hydrogen-bond acceptors (Lipinski definition) is 4. The van der Waals surface area contributed by atoms with Crippen LogP contribution in [0.4, 0.5) is 4.39 Å². The van der Waals surface area contributed by atoms with E-state index in [0.29, 0.717) is 13.1 Å². The van der Waals surface area contributed by atoms with E-state index >= 15 is 0 Å². The van der Waals surface area contributed by atoms with E-state index in [9.17, 15) is 4.39 Å². The number of aromatic nitrogens is 3. The lowest BCUT2D eigenvalue weighted by Crippen LogP contribution is -2.50. The number of benzene rings is 1. The van der Waals surface area contributed by atoms with Crippen molar-refractivity contribution >= 4 is 29.9 Å². The van der Waals surface area contributed by atoms with Crippen molar-refractivity contribution in [3.63, 3.8) is 0 Å². The summed E-state index contributed by atoms with van der Waals surface area (Å²) < 4.78 is 21.2. The molecule has 2 aromatic heterocycles. The monoisotopic (exact) mass is 536 g/mol. The van der Waals surface area contributed by atoms with Crippen LogP contribution in [0.15, 0.2) is 66.3 Å². The molecule has 0 bridgehead atoms. The second-order valence-electron chi connectivity index (χ2n) is 7.29. The number of imidazole rings is 1. The van der Waals surface area contributed by atoms with Crippen molar-refractivity contribution in [2.45, 2.75) is 25.7 Å². The summed E-state index contributed by atoms with van der Waals surface area (Å²) in [4.78, 5) is 15.2. The maximum atomic E-state index is 13.3. The van der Waals surface area contributed by atoms with E-state index in [1.54, 1.807) is 31.7 Å². The third-order valence-electron chi connectivity index (χ3n) is 5.04. The molecule has 164 valence electrons. The van der Waals surface area contributed by atoms with Gasteiger partial charge in [-0.1, -0.05) is 18.2 Å². The zero-order valence-electron chi connectivity index (χ0n) is 17.5. The number of hydrogen-bond donors (Lipinski definition) is 1. The highest BCUT2D eigenvalue weighted by Gasteiger charge is 2.28. The fourth-order valence-electron chi connectivity index (χ4n) is 3.57. The maximum absolute atomic E-state index is 13.3. The van der Waals surface area contributed by atoms with E-state index in [1.165, 1.54) is 12.1 Å². The summed E-state index contributed by atoms with van der Waals surface area (Å²) in [7, 11) is 1.77. The molecule has 7 nitrogen and oxygen atoms in total. The molecule has 0 aliphatic carbocycles. The Bertz CT molecular complexity index is 978. The van der Waals surface area contributed by atoms with Gasteiger partial charge in [0.15, 0.2) is 5.96 Å². The molecule has 1 aliphatic heterocycles. The van der Waals surface area contributed by atoms with Crippen molar-refractivity contribution in [1.29, 1.82) is 0 Å². The number of nitrogens with one attached hydrogen (secondary N) is 1. The smallest absolute Gasteiger partial charge is 0.194 e. The first-order valence-corrected chi connectivity index (χ1v) is 9.92. The molecule has 9 heteroatoms. The molecule has 4 rings (SSSR count). The standard InChI is InChI=1S/C22H25FN6O.HI/c1-16-13-29(14-20(30-16)18-4-6-19(23)7-5-18)22(24-2)27-12-17-3-8-21(26-11-17)28-10-9-25-15-28;/h3-11,15-16,20H,12-14H2,1-2H3,(H,24,27);1H. The highest BCUT2D eigenvalue weighted by Crippen LogP contribution is 2.25. The van der Waals surface area contributed by atoms with E-state index < -0.39 is 0 Å². The minimum Gasteiger partial charge on any atom is -0.367 e. The number of halogens is 2. The molecule has 1 N–H and O–H groups in total. The second kappa shape index (κ2) is 10.7. The van der Waals surface area contributed by atoms with E-state index in [1.807, 2.05) is 36.0 Å². The Morgan fingerprint density at radius 3 is 2.68 bits per heavy atom. The largest absolute Gasteiger partial charge is 0.367 e.